The van der Waals surface area contributed by atoms with E-state index in [-0.39, 0.29) is 23.3 Å². The maximum Gasteiger partial charge on any atom is 0.315 e. The first-order chi connectivity index (χ1) is 15.3. The van der Waals surface area contributed by atoms with Gasteiger partial charge in [0.05, 0.1) is 14.2 Å². The van der Waals surface area contributed by atoms with Crippen LogP contribution in [-0.4, -0.2) is 37.8 Å². The highest BCUT2D eigenvalue weighted by atomic mass is 16.5. The summed E-state index contributed by atoms with van der Waals surface area (Å²) in [5, 5.41) is 0. The van der Waals surface area contributed by atoms with E-state index in [9.17, 15) is 9.59 Å². The van der Waals surface area contributed by atoms with Gasteiger partial charge in [0, 0.05) is 34.9 Å². The maximum atomic E-state index is 13.5. The maximum absolute atomic E-state index is 13.5. The highest BCUT2D eigenvalue weighted by Crippen LogP contribution is 2.51. The number of aliphatic imine (C=N–C) groups is 1. The number of nitrogens with zero attached hydrogens (tertiary/aromatic N) is 1. The zero-order chi connectivity index (χ0) is 23.0. The minimum atomic E-state index is -0.666. The molecule has 4 rings (SSSR count). The minimum absolute atomic E-state index is 0.0426. The Labute approximate surface area is 190 Å². The zero-order valence-corrected chi connectivity index (χ0v) is 19.7. The SMILES string of the molecule is COc1cccc([C@@H]2C3=C(CC(C)(C)CC3=O)N=C(C)C2C(=O)OC2CCCC2)c1OC. The number of Topliss-reactive ketones (excluding diaryl/α,β-unsaturated/α-hetero) is 1. The van der Waals surface area contributed by atoms with Gasteiger partial charge in [-0.15, -0.1) is 0 Å². The van der Waals surface area contributed by atoms with Gasteiger partial charge in [-0.2, -0.15) is 0 Å². The summed E-state index contributed by atoms with van der Waals surface area (Å²) in [6.07, 6.45) is 4.99. The van der Waals surface area contributed by atoms with Crippen LogP contribution in [0.2, 0.25) is 0 Å². The molecule has 2 atom stereocenters. The highest BCUT2D eigenvalue weighted by Gasteiger charge is 2.47. The Hall–Kier alpha value is -2.63. The molecule has 0 bridgehead atoms. The molecule has 0 radical (unpaired) electrons. The van der Waals surface area contributed by atoms with Crippen molar-refractivity contribution in [3.05, 3.63) is 35.0 Å². The Morgan fingerprint density at radius 3 is 2.47 bits per heavy atom. The van der Waals surface area contributed by atoms with E-state index in [1.165, 1.54) is 0 Å². The molecule has 1 aromatic carbocycles. The number of carbonyl (C=O) groups excluding carboxylic acids is 2. The lowest BCUT2D eigenvalue weighted by Crippen LogP contribution is -2.40. The van der Waals surface area contributed by atoms with Crippen molar-refractivity contribution in [3.8, 4) is 11.5 Å². The topological polar surface area (TPSA) is 74.2 Å². The van der Waals surface area contributed by atoms with Crippen LogP contribution in [0.15, 0.2) is 34.5 Å². The molecule has 1 aliphatic heterocycles. The number of methoxy groups -OCH3 is 2. The predicted octanol–water partition coefficient (Wildman–Crippen LogP) is 5.01. The molecule has 0 spiro atoms. The van der Waals surface area contributed by atoms with Gasteiger partial charge in [-0.3, -0.25) is 14.6 Å². The molecule has 0 saturated heterocycles. The number of rotatable bonds is 5. The van der Waals surface area contributed by atoms with Gasteiger partial charge in [0.2, 0.25) is 0 Å². The van der Waals surface area contributed by atoms with Crippen molar-refractivity contribution >= 4 is 17.5 Å². The first kappa shape index (κ1) is 22.6. The highest BCUT2D eigenvalue weighted by molar-refractivity contribution is 6.09. The molecule has 0 aromatic heterocycles. The number of esters is 1. The van der Waals surface area contributed by atoms with Crippen LogP contribution in [0.5, 0.6) is 11.5 Å². The second kappa shape index (κ2) is 8.72. The summed E-state index contributed by atoms with van der Waals surface area (Å²) in [7, 11) is 3.16. The van der Waals surface area contributed by atoms with Crippen LogP contribution in [0, 0.1) is 11.3 Å². The number of carbonyl (C=O) groups is 2. The summed E-state index contributed by atoms with van der Waals surface area (Å²) in [4.78, 5) is 31.8. The fourth-order valence-electron chi connectivity index (χ4n) is 5.49. The molecule has 6 heteroatoms. The van der Waals surface area contributed by atoms with Gasteiger partial charge in [-0.1, -0.05) is 26.0 Å². The second-order valence-corrected chi connectivity index (χ2v) is 9.94. The molecule has 1 saturated carbocycles. The van der Waals surface area contributed by atoms with E-state index in [2.05, 4.69) is 13.8 Å². The average Bonchev–Trinajstić information content (AvgIpc) is 3.23. The van der Waals surface area contributed by atoms with Crippen LogP contribution in [0.1, 0.15) is 70.8 Å². The summed E-state index contributed by atoms with van der Waals surface area (Å²) < 4.78 is 17.2. The lowest BCUT2D eigenvalue weighted by Gasteiger charge is -2.39. The van der Waals surface area contributed by atoms with Crippen LogP contribution in [0.25, 0.3) is 0 Å². The van der Waals surface area contributed by atoms with Gasteiger partial charge in [0.15, 0.2) is 17.3 Å². The molecule has 0 N–H and O–H groups in total. The predicted molar refractivity (Wildman–Crippen MR) is 122 cm³/mol. The number of benzene rings is 1. The van der Waals surface area contributed by atoms with E-state index in [0.29, 0.717) is 35.6 Å². The zero-order valence-electron chi connectivity index (χ0n) is 19.7. The molecular weight excluding hydrogens is 406 g/mol. The van der Waals surface area contributed by atoms with E-state index >= 15 is 0 Å². The summed E-state index contributed by atoms with van der Waals surface area (Å²) in [5.41, 5.74) is 2.68. The molecule has 1 aromatic rings. The van der Waals surface area contributed by atoms with E-state index < -0.39 is 11.8 Å². The van der Waals surface area contributed by atoms with E-state index in [1.54, 1.807) is 14.2 Å². The first-order valence-corrected chi connectivity index (χ1v) is 11.5. The third-order valence-electron chi connectivity index (χ3n) is 6.91. The molecule has 1 unspecified atom stereocenters. The van der Waals surface area contributed by atoms with Crippen molar-refractivity contribution < 1.29 is 23.8 Å². The number of ether oxygens (including phenoxy) is 3. The lowest BCUT2D eigenvalue weighted by molar-refractivity contribution is -0.151. The Kier molecular flexibility index (Phi) is 6.15. The Morgan fingerprint density at radius 1 is 1.09 bits per heavy atom. The quantitative estimate of drug-likeness (QED) is 0.603. The van der Waals surface area contributed by atoms with Crippen molar-refractivity contribution in [1.29, 1.82) is 0 Å². The molecule has 172 valence electrons. The number of hydrogen-bond acceptors (Lipinski definition) is 6. The lowest BCUT2D eigenvalue weighted by atomic mass is 9.66. The van der Waals surface area contributed by atoms with Gasteiger partial charge < -0.3 is 14.2 Å². The van der Waals surface area contributed by atoms with Crippen molar-refractivity contribution in [1.82, 2.24) is 0 Å². The van der Waals surface area contributed by atoms with Gasteiger partial charge in [0.1, 0.15) is 12.0 Å². The van der Waals surface area contributed by atoms with Crippen LogP contribution < -0.4 is 9.47 Å². The molecule has 32 heavy (non-hydrogen) atoms. The van der Waals surface area contributed by atoms with E-state index in [4.69, 9.17) is 19.2 Å². The van der Waals surface area contributed by atoms with Gasteiger partial charge in [0.25, 0.3) is 0 Å². The van der Waals surface area contributed by atoms with Crippen LogP contribution in [0.3, 0.4) is 0 Å². The number of para-hydroxylation sites is 1. The minimum Gasteiger partial charge on any atom is -0.493 e. The standard InChI is InChI=1S/C26H33NO5/c1-15-21(25(29)32-16-9-6-7-10-16)22(17-11-8-12-20(30-4)24(17)31-5)23-18(27-15)13-26(2,3)14-19(23)28/h8,11-12,16,21-22H,6-7,9-10,13-14H2,1-5H3/t21?,22-/m0/s1. The second-order valence-electron chi connectivity index (χ2n) is 9.94. The molecule has 1 fully saturated rings. The molecule has 0 amide bonds. The van der Waals surface area contributed by atoms with Gasteiger partial charge >= 0.3 is 5.97 Å². The van der Waals surface area contributed by atoms with Gasteiger partial charge in [-0.25, -0.2) is 0 Å². The van der Waals surface area contributed by atoms with Crippen LogP contribution >= 0.6 is 0 Å². The summed E-state index contributed by atoms with van der Waals surface area (Å²) >= 11 is 0. The molecule has 6 nitrogen and oxygen atoms in total. The van der Waals surface area contributed by atoms with Crippen molar-refractivity contribution in [2.45, 2.75) is 71.3 Å². The molecule has 2 aliphatic carbocycles. The smallest absolute Gasteiger partial charge is 0.315 e. The third kappa shape index (κ3) is 4.07. The fourth-order valence-corrected chi connectivity index (χ4v) is 5.49. The van der Waals surface area contributed by atoms with Crippen LogP contribution in [0.4, 0.5) is 0 Å². The van der Waals surface area contributed by atoms with Crippen molar-refractivity contribution in [2.75, 3.05) is 14.2 Å². The molecule has 1 heterocycles. The monoisotopic (exact) mass is 439 g/mol. The van der Waals surface area contributed by atoms with Crippen molar-refractivity contribution in [2.24, 2.45) is 16.3 Å². The molecular formula is C26H33NO5. The van der Waals surface area contributed by atoms with Crippen molar-refractivity contribution in [3.63, 3.8) is 0 Å². The molecule has 3 aliphatic rings. The Morgan fingerprint density at radius 2 is 1.81 bits per heavy atom. The van der Waals surface area contributed by atoms with E-state index in [0.717, 1.165) is 36.9 Å². The van der Waals surface area contributed by atoms with E-state index in [1.807, 2.05) is 25.1 Å². The number of hydrogen-bond donors (Lipinski definition) is 0. The summed E-state index contributed by atoms with van der Waals surface area (Å²) in [5.74, 6) is -0.333. The third-order valence-corrected chi connectivity index (χ3v) is 6.91. The van der Waals surface area contributed by atoms with Gasteiger partial charge in [-0.05, 0) is 50.5 Å². The normalized spacial score (nSPS) is 25.3. The number of allylic oxidation sites excluding steroid dienone is 2. The largest absolute Gasteiger partial charge is 0.493 e. The number of ketones is 1. The Balaban J connectivity index is 1.85. The summed E-state index contributed by atoms with van der Waals surface area (Å²) in [6.45, 7) is 6.04. The average molecular weight is 440 g/mol. The first-order valence-electron chi connectivity index (χ1n) is 11.5. The Bertz CT molecular complexity index is 984. The van der Waals surface area contributed by atoms with Crippen LogP contribution in [-0.2, 0) is 14.3 Å². The fraction of sp³-hybridized carbons (Fsp3) is 0.577. The summed E-state index contributed by atoms with van der Waals surface area (Å²) in [6, 6.07) is 5.60.